The van der Waals surface area contributed by atoms with Gasteiger partial charge in [-0.25, -0.2) is 0 Å². The predicted molar refractivity (Wildman–Crippen MR) is 205 cm³/mol. The van der Waals surface area contributed by atoms with Crippen LogP contribution in [0.1, 0.15) is 174 Å². The second-order valence-corrected chi connectivity index (χ2v) is 16.4. The number of hydrogen-bond acceptors (Lipinski definition) is 6. The first-order valence-corrected chi connectivity index (χ1v) is 21.7. The van der Waals surface area contributed by atoms with E-state index in [2.05, 4.69) is 43.5 Å². The van der Waals surface area contributed by atoms with Gasteiger partial charge in [0.15, 0.2) is 0 Å². The lowest BCUT2D eigenvalue weighted by molar-refractivity contribution is -0.870. The third-order valence-corrected chi connectivity index (χ3v) is 9.93. The molecule has 3 atom stereocenters. The van der Waals surface area contributed by atoms with Crippen LogP contribution in [0, 0.1) is 0 Å². The number of allylic oxidation sites excluding steroid dienone is 4. The van der Waals surface area contributed by atoms with Gasteiger partial charge < -0.3 is 28.8 Å². The fraction of sp³-hybridized carbons (Fsp3) is 0.875. The number of aliphatic hydroxyl groups is 1. The van der Waals surface area contributed by atoms with Gasteiger partial charge in [0, 0.05) is 6.42 Å². The van der Waals surface area contributed by atoms with Crippen LogP contribution >= 0.6 is 7.82 Å². The number of hydrogen-bond donors (Lipinski definition) is 2. The number of amides is 1. The number of nitrogens with one attached hydrogen (secondary N) is 1. The van der Waals surface area contributed by atoms with Crippen LogP contribution in [0.5, 0.6) is 0 Å². The van der Waals surface area contributed by atoms with Crippen molar-refractivity contribution in [2.45, 2.75) is 187 Å². The second kappa shape index (κ2) is 32.9. The topological polar surface area (TPSA) is 108 Å². The number of phosphoric ester groups is 1. The van der Waals surface area contributed by atoms with E-state index in [4.69, 9.17) is 9.05 Å². The van der Waals surface area contributed by atoms with E-state index in [0.29, 0.717) is 23.9 Å². The lowest BCUT2D eigenvalue weighted by Crippen LogP contribution is -2.46. The molecule has 0 aromatic rings. The molecule has 49 heavy (non-hydrogen) atoms. The number of nitrogens with zero attached hydrogens (tertiary/aromatic N) is 1. The first-order valence-electron chi connectivity index (χ1n) is 20.2. The Hall–Kier alpha value is -1.02. The van der Waals surface area contributed by atoms with Crippen molar-refractivity contribution in [1.29, 1.82) is 0 Å². The minimum Gasteiger partial charge on any atom is -0.756 e. The van der Waals surface area contributed by atoms with Crippen LogP contribution in [0.15, 0.2) is 24.3 Å². The second-order valence-electron chi connectivity index (χ2n) is 15.0. The number of likely N-dealkylation sites (N-methyl/N-ethyl adjacent to an activating group) is 1. The minimum absolute atomic E-state index is 0.00987. The Balaban J connectivity index is 4.45. The van der Waals surface area contributed by atoms with Crippen molar-refractivity contribution in [2.75, 3.05) is 40.9 Å². The smallest absolute Gasteiger partial charge is 0.268 e. The Labute approximate surface area is 303 Å². The van der Waals surface area contributed by atoms with Crippen molar-refractivity contribution in [1.82, 2.24) is 5.32 Å². The van der Waals surface area contributed by atoms with Crippen molar-refractivity contribution in [3.8, 4) is 0 Å². The zero-order valence-electron chi connectivity index (χ0n) is 32.6. The number of aliphatic hydroxyl groups excluding tert-OH is 1. The molecular weight excluding hydrogens is 635 g/mol. The van der Waals surface area contributed by atoms with E-state index in [1.54, 1.807) is 0 Å². The summed E-state index contributed by atoms with van der Waals surface area (Å²) in [4.78, 5) is 25.2. The van der Waals surface area contributed by atoms with Crippen LogP contribution in [0.2, 0.25) is 0 Å². The summed E-state index contributed by atoms with van der Waals surface area (Å²) in [5.41, 5.74) is 0. The minimum atomic E-state index is -4.56. The summed E-state index contributed by atoms with van der Waals surface area (Å²) in [6.07, 6.45) is 36.0. The molecule has 1 amide bonds. The van der Waals surface area contributed by atoms with Crippen LogP contribution in [0.3, 0.4) is 0 Å². The molecule has 0 rings (SSSR count). The standard InChI is InChI=1S/C40H79N2O6P/c1-6-8-10-12-14-16-18-20-21-22-24-26-28-30-32-34-40(44)41-38(37-48-49(45,46)47-36-35-42(3,4)5)39(43)33-31-29-27-25-23-19-17-15-13-11-9-7-2/h14,16,18,20,38-39,43H,6-13,15,17,19,21-37H2,1-5H3,(H-,41,44,45,46)/b16-14-,20-18-. The van der Waals surface area contributed by atoms with Crippen LogP contribution in [0.25, 0.3) is 0 Å². The summed E-state index contributed by atoms with van der Waals surface area (Å²) >= 11 is 0. The summed E-state index contributed by atoms with van der Waals surface area (Å²) < 4.78 is 23.2. The number of quaternary nitrogens is 1. The Morgan fingerprint density at radius 2 is 1.16 bits per heavy atom. The van der Waals surface area contributed by atoms with Gasteiger partial charge >= 0.3 is 0 Å². The Morgan fingerprint density at radius 1 is 0.714 bits per heavy atom. The number of carbonyl (C=O) groups is 1. The van der Waals surface area contributed by atoms with Gasteiger partial charge in [0.1, 0.15) is 13.2 Å². The number of unbranched alkanes of at least 4 members (excludes halogenated alkanes) is 20. The molecule has 0 aromatic heterocycles. The molecule has 290 valence electrons. The van der Waals surface area contributed by atoms with Gasteiger partial charge in [-0.05, 0) is 38.5 Å². The Kier molecular flexibility index (Phi) is 32.2. The highest BCUT2D eigenvalue weighted by Crippen LogP contribution is 2.38. The van der Waals surface area contributed by atoms with E-state index >= 15 is 0 Å². The largest absolute Gasteiger partial charge is 0.756 e. The summed E-state index contributed by atoms with van der Waals surface area (Å²) in [5, 5.41) is 13.8. The predicted octanol–water partition coefficient (Wildman–Crippen LogP) is 9.94. The van der Waals surface area contributed by atoms with E-state index < -0.39 is 20.0 Å². The normalized spacial score (nSPS) is 14.8. The molecule has 0 saturated heterocycles. The van der Waals surface area contributed by atoms with E-state index in [0.717, 1.165) is 51.4 Å². The number of phosphoric acid groups is 1. The molecule has 9 heteroatoms. The van der Waals surface area contributed by atoms with Crippen molar-refractivity contribution in [3.05, 3.63) is 24.3 Å². The zero-order chi connectivity index (χ0) is 36.5. The van der Waals surface area contributed by atoms with E-state index in [9.17, 15) is 19.4 Å². The van der Waals surface area contributed by atoms with Crippen LogP contribution in [-0.4, -0.2) is 68.5 Å². The molecule has 0 aliphatic carbocycles. The van der Waals surface area contributed by atoms with Crippen molar-refractivity contribution >= 4 is 13.7 Å². The fourth-order valence-electron chi connectivity index (χ4n) is 5.68. The summed E-state index contributed by atoms with van der Waals surface area (Å²) in [6, 6.07) is -0.802. The molecule has 3 unspecified atom stereocenters. The van der Waals surface area contributed by atoms with Gasteiger partial charge in [0.05, 0.1) is 39.9 Å². The van der Waals surface area contributed by atoms with Gasteiger partial charge in [-0.1, -0.05) is 154 Å². The summed E-state index contributed by atoms with van der Waals surface area (Å²) in [5.74, 6) is -0.179. The molecule has 0 aromatic carbocycles. The highest BCUT2D eigenvalue weighted by molar-refractivity contribution is 7.45. The van der Waals surface area contributed by atoms with Gasteiger partial charge in [0.25, 0.3) is 7.82 Å². The lowest BCUT2D eigenvalue weighted by atomic mass is 10.0. The SMILES string of the molecule is CCCCC/C=C\C=C/CCCCCCCCC(=O)NC(COP(=O)([O-])OCC[N+](C)(C)C)C(O)CCCCCCCCCCCCCC. The van der Waals surface area contributed by atoms with Crippen LogP contribution in [0.4, 0.5) is 0 Å². The molecular formula is C40H79N2O6P. The molecule has 2 N–H and O–H groups in total. The molecule has 0 radical (unpaired) electrons. The van der Waals surface area contributed by atoms with Gasteiger partial charge in [0.2, 0.25) is 5.91 Å². The number of carbonyl (C=O) groups excluding carboxylic acids is 1. The fourth-order valence-corrected chi connectivity index (χ4v) is 6.40. The molecule has 0 aliphatic heterocycles. The van der Waals surface area contributed by atoms with E-state index in [1.807, 2.05) is 21.1 Å². The van der Waals surface area contributed by atoms with Crippen molar-refractivity contribution < 1.29 is 32.9 Å². The maximum atomic E-state index is 12.8. The maximum Gasteiger partial charge on any atom is 0.268 e. The van der Waals surface area contributed by atoms with E-state index in [1.165, 1.54) is 96.3 Å². The first-order chi connectivity index (χ1) is 23.5. The zero-order valence-corrected chi connectivity index (χ0v) is 33.5. The van der Waals surface area contributed by atoms with Gasteiger partial charge in [-0.3, -0.25) is 9.36 Å². The highest BCUT2D eigenvalue weighted by Gasteiger charge is 2.24. The van der Waals surface area contributed by atoms with Gasteiger partial charge in [-0.15, -0.1) is 0 Å². The Morgan fingerprint density at radius 3 is 1.69 bits per heavy atom. The average Bonchev–Trinajstić information content (AvgIpc) is 3.04. The lowest BCUT2D eigenvalue weighted by Gasteiger charge is -2.30. The van der Waals surface area contributed by atoms with Crippen LogP contribution in [-0.2, 0) is 18.4 Å². The molecule has 0 aliphatic rings. The van der Waals surface area contributed by atoms with E-state index in [-0.39, 0.29) is 19.1 Å². The maximum absolute atomic E-state index is 12.8. The van der Waals surface area contributed by atoms with Gasteiger partial charge in [-0.2, -0.15) is 0 Å². The highest BCUT2D eigenvalue weighted by atomic mass is 31.2. The van der Waals surface area contributed by atoms with Crippen molar-refractivity contribution in [2.24, 2.45) is 0 Å². The first kappa shape index (κ1) is 48.0. The summed E-state index contributed by atoms with van der Waals surface area (Å²) in [7, 11) is 1.29. The molecule has 0 saturated carbocycles. The average molecular weight is 715 g/mol. The van der Waals surface area contributed by atoms with Crippen molar-refractivity contribution in [3.63, 3.8) is 0 Å². The third kappa shape index (κ3) is 35.2. The molecule has 0 bridgehead atoms. The quantitative estimate of drug-likeness (QED) is 0.0290. The van der Waals surface area contributed by atoms with Crippen LogP contribution < -0.4 is 10.2 Å². The third-order valence-electron chi connectivity index (χ3n) is 8.97. The molecule has 8 nitrogen and oxygen atoms in total. The molecule has 0 spiro atoms. The molecule has 0 heterocycles. The molecule has 0 fully saturated rings. The number of rotatable bonds is 36. The summed E-state index contributed by atoms with van der Waals surface area (Å²) in [6.45, 7) is 4.66. The Bertz CT molecular complexity index is 860. The monoisotopic (exact) mass is 715 g/mol.